The maximum atomic E-state index is 13.3. The van der Waals surface area contributed by atoms with Gasteiger partial charge in [-0.1, -0.05) is 12.1 Å². The summed E-state index contributed by atoms with van der Waals surface area (Å²) >= 11 is 0. The highest BCUT2D eigenvalue weighted by atomic mass is 19.4. The molecule has 2 aliphatic heterocycles. The summed E-state index contributed by atoms with van der Waals surface area (Å²) in [7, 11) is 0. The van der Waals surface area contributed by atoms with E-state index in [1.54, 1.807) is 23.1 Å². The van der Waals surface area contributed by atoms with Gasteiger partial charge in [0.25, 0.3) is 5.91 Å². The number of carbonyl (C=O) groups is 2. The molecule has 1 N–H and O–H groups in total. The van der Waals surface area contributed by atoms with Crippen molar-refractivity contribution in [3.05, 3.63) is 64.7 Å². The van der Waals surface area contributed by atoms with Gasteiger partial charge in [0.2, 0.25) is 0 Å². The van der Waals surface area contributed by atoms with Gasteiger partial charge in [-0.05, 0) is 62.6 Å². The van der Waals surface area contributed by atoms with Crippen molar-refractivity contribution in [2.45, 2.75) is 32.9 Å². The van der Waals surface area contributed by atoms with Gasteiger partial charge in [-0.3, -0.25) is 9.59 Å². The number of hydrogen-bond acceptors (Lipinski definition) is 4. The molecule has 0 aromatic heterocycles. The van der Waals surface area contributed by atoms with Gasteiger partial charge in [-0.25, -0.2) is 0 Å². The SMILES string of the molecule is CC(C)(COc1ccc2c(c1)C(c1ccc(C(F)(F)F)cc1)=C(C(=O)N1CCCC1)CO2)C(=O)O. The number of fused-ring (bicyclic) bond motifs is 1. The maximum Gasteiger partial charge on any atom is 0.416 e. The number of aliphatic carboxylic acids is 1. The molecule has 1 saturated heterocycles. The molecular weight excluding hydrogens is 463 g/mol. The molecule has 2 heterocycles. The van der Waals surface area contributed by atoms with Gasteiger partial charge in [-0.2, -0.15) is 13.2 Å². The molecule has 0 unspecified atom stereocenters. The topological polar surface area (TPSA) is 76.1 Å². The second-order valence-electron chi connectivity index (χ2n) is 9.35. The lowest BCUT2D eigenvalue weighted by Crippen LogP contribution is -2.33. The average Bonchev–Trinajstić information content (AvgIpc) is 3.36. The van der Waals surface area contributed by atoms with E-state index in [-0.39, 0.29) is 19.1 Å². The van der Waals surface area contributed by atoms with Crippen LogP contribution in [0.4, 0.5) is 13.2 Å². The quantitative estimate of drug-likeness (QED) is 0.617. The van der Waals surface area contributed by atoms with Gasteiger partial charge in [0.05, 0.1) is 16.6 Å². The highest BCUT2D eigenvalue weighted by Crippen LogP contribution is 2.41. The lowest BCUT2D eigenvalue weighted by atomic mass is 9.89. The standard InChI is InChI=1S/C26H26F3NO5/c1-25(2,24(32)33)15-35-18-9-10-21-19(13-18)22(16-5-7-17(8-6-16)26(27,28)29)20(14-34-21)23(31)30-11-3-4-12-30/h5-10,13H,3-4,11-12,14-15H2,1-2H3,(H,32,33). The minimum atomic E-state index is -4.48. The summed E-state index contributed by atoms with van der Waals surface area (Å²) in [5.74, 6) is -0.396. The molecule has 35 heavy (non-hydrogen) atoms. The van der Waals surface area contributed by atoms with E-state index in [9.17, 15) is 27.9 Å². The van der Waals surface area contributed by atoms with E-state index in [0.29, 0.717) is 46.9 Å². The second-order valence-corrected chi connectivity index (χ2v) is 9.35. The first-order chi connectivity index (χ1) is 16.5. The maximum absolute atomic E-state index is 13.3. The summed E-state index contributed by atoms with van der Waals surface area (Å²) in [4.78, 5) is 26.5. The molecular formula is C26H26F3NO5. The van der Waals surface area contributed by atoms with Crippen LogP contribution >= 0.6 is 0 Å². The first-order valence-corrected chi connectivity index (χ1v) is 11.3. The van der Waals surface area contributed by atoms with Crippen molar-refractivity contribution in [1.82, 2.24) is 4.90 Å². The minimum Gasteiger partial charge on any atom is -0.492 e. The van der Waals surface area contributed by atoms with Gasteiger partial charge in [0.1, 0.15) is 24.7 Å². The summed E-state index contributed by atoms with van der Waals surface area (Å²) in [5.41, 5.74) is -0.108. The fraction of sp³-hybridized carbons (Fsp3) is 0.385. The molecule has 0 atom stereocenters. The predicted molar refractivity (Wildman–Crippen MR) is 122 cm³/mol. The molecule has 0 spiro atoms. The number of halogens is 3. The smallest absolute Gasteiger partial charge is 0.416 e. The summed E-state index contributed by atoms with van der Waals surface area (Å²) in [6.45, 7) is 4.20. The summed E-state index contributed by atoms with van der Waals surface area (Å²) in [5, 5.41) is 9.35. The van der Waals surface area contributed by atoms with E-state index in [1.165, 1.54) is 26.0 Å². The van der Waals surface area contributed by atoms with Crippen molar-refractivity contribution in [3.63, 3.8) is 0 Å². The first kappa shape index (κ1) is 24.6. The fourth-order valence-electron chi connectivity index (χ4n) is 4.07. The van der Waals surface area contributed by atoms with Crippen LogP contribution in [0.2, 0.25) is 0 Å². The zero-order chi connectivity index (χ0) is 25.4. The zero-order valence-corrected chi connectivity index (χ0v) is 19.4. The molecule has 9 heteroatoms. The Morgan fingerprint density at radius 3 is 2.31 bits per heavy atom. The normalized spacial score (nSPS) is 16.1. The van der Waals surface area contributed by atoms with Crippen molar-refractivity contribution >= 4 is 17.4 Å². The van der Waals surface area contributed by atoms with Crippen molar-refractivity contribution in [2.75, 3.05) is 26.3 Å². The summed E-state index contributed by atoms with van der Waals surface area (Å²) < 4.78 is 51.0. The van der Waals surface area contributed by atoms with E-state index in [4.69, 9.17) is 9.47 Å². The molecule has 1 fully saturated rings. The lowest BCUT2D eigenvalue weighted by molar-refractivity contribution is -0.148. The van der Waals surface area contributed by atoms with Crippen molar-refractivity contribution < 1.29 is 37.3 Å². The van der Waals surface area contributed by atoms with E-state index in [0.717, 1.165) is 25.0 Å². The van der Waals surface area contributed by atoms with Crippen LogP contribution in [0.3, 0.4) is 0 Å². The van der Waals surface area contributed by atoms with Gasteiger partial charge in [0, 0.05) is 24.2 Å². The molecule has 4 rings (SSSR count). The molecule has 0 bridgehead atoms. The first-order valence-electron chi connectivity index (χ1n) is 11.3. The number of amides is 1. The predicted octanol–water partition coefficient (Wildman–Crippen LogP) is 5.01. The van der Waals surface area contributed by atoms with Crippen LogP contribution in [-0.2, 0) is 15.8 Å². The molecule has 0 aliphatic carbocycles. The van der Waals surface area contributed by atoms with Crippen LogP contribution in [0.5, 0.6) is 11.5 Å². The van der Waals surface area contributed by atoms with Crippen LogP contribution in [0.15, 0.2) is 48.0 Å². The lowest BCUT2D eigenvalue weighted by Gasteiger charge is -2.27. The van der Waals surface area contributed by atoms with Crippen LogP contribution in [0.25, 0.3) is 5.57 Å². The van der Waals surface area contributed by atoms with Crippen LogP contribution < -0.4 is 9.47 Å². The number of carboxylic acids is 1. The Morgan fingerprint density at radius 2 is 1.71 bits per heavy atom. The number of alkyl halides is 3. The molecule has 6 nitrogen and oxygen atoms in total. The average molecular weight is 489 g/mol. The Balaban J connectivity index is 1.78. The molecule has 186 valence electrons. The van der Waals surface area contributed by atoms with Crippen molar-refractivity contribution in [2.24, 2.45) is 5.41 Å². The van der Waals surface area contributed by atoms with Gasteiger partial charge >= 0.3 is 12.1 Å². The molecule has 0 radical (unpaired) electrons. The van der Waals surface area contributed by atoms with Crippen LogP contribution in [0, 0.1) is 5.41 Å². The highest BCUT2D eigenvalue weighted by Gasteiger charge is 2.33. The molecule has 2 aliphatic rings. The molecule has 2 aromatic carbocycles. The van der Waals surface area contributed by atoms with E-state index in [2.05, 4.69) is 0 Å². The second kappa shape index (κ2) is 9.28. The minimum absolute atomic E-state index is 0.00899. The van der Waals surface area contributed by atoms with E-state index < -0.39 is 23.1 Å². The van der Waals surface area contributed by atoms with Crippen molar-refractivity contribution in [1.29, 1.82) is 0 Å². The molecule has 0 saturated carbocycles. The van der Waals surface area contributed by atoms with E-state index >= 15 is 0 Å². The number of carbonyl (C=O) groups excluding carboxylic acids is 1. The number of carboxylic acid groups (broad SMARTS) is 1. The monoisotopic (exact) mass is 489 g/mol. The summed E-state index contributed by atoms with van der Waals surface area (Å²) in [6, 6.07) is 9.61. The van der Waals surface area contributed by atoms with Gasteiger partial charge in [-0.15, -0.1) is 0 Å². The number of ether oxygens (including phenoxy) is 2. The Bertz CT molecular complexity index is 1160. The Morgan fingerprint density at radius 1 is 1.06 bits per heavy atom. The zero-order valence-electron chi connectivity index (χ0n) is 19.4. The summed E-state index contributed by atoms with van der Waals surface area (Å²) in [6.07, 6.45) is -2.69. The molecule has 2 aromatic rings. The highest BCUT2D eigenvalue weighted by molar-refractivity contribution is 6.06. The number of likely N-dealkylation sites (tertiary alicyclic amines) is 1. The largest absolute Gasteiger partial charge is 0.492 e. The Hall–Kier alpha value is -3.49. The third-order valence-corrected chi connectivity index (χ3v) is 6.23. The third-order valence-electron chi connectivity index (χ3n) is 6.23. The van der Waals surface area contributed by atoms with Gasteiger partial charge in [0.15, 0.2) is 0 Å². The fourth-order valence-corrected chi connectivity index (χ4v) is 4.07. The van der Waals surface area contributed by atoms with Crippen molar-refractivity contribution in [3.8, 4) is 11.5 Å². The Kier molecular flexibility index (Phi) is 6.53. The number of benzene rings is 2. The third kappa shape index (κ3) is 5.13. The van der Waals surface area contributed by atoms with E-state index in [1.807, 2.05) is 0 Å². The molecule has 1 amide bonds. The number of rotatable bonds is 6. The Labute approximate surface area is 200 Å². The number of hydrogen-bond donors (Lipinski definition) is 1. The van der Waals surface area contributed by atoms with Crippen LogP contribution in [-0.4, -0.2) is 48.2 Å². The number of nitrogens with zero attached hydrogens (tertiary/aromatic N) is 1. The van der Waals surface area contributed by atoms with Crippen LogP contribution in [0.1, 0.15) is 43.4 Å². The van der Waals surface area contributed by atoms with Gasteiger partial charge < -0.3 is 19.5 Å².